The molecule has 0 amide bonds. The molecular formula is C12H14Cl2F3NO2S. The summed E-state index contributed by atoms with van der Waals surface area (Å²) in [6.45, 7) is 1.64. The summed E-state index contributed by atoms with van der Waals surface area (Å²) in [4.78, 5) is -0.842. The van der Waals surface area contributed by atoms with Crippen LogP contribution in [0.25, 0.3) is 0 Å². The molecule has 1 rings (SSSR count). The standard InChI is InChI=1S/C12H14Cl2F3NO2S/c1-2-11(7-13,8-14)18-21(19,20)10-6-4-3-5-9(10)12(15,16)17/h3-6,18H,2,7-8H2,1H3. The van der Waals surface area contributed by atoms with Crippen molar-refractivity contribution in [3.05, 3.63) is 29.8 Å². The lowest BCUT2D eigenvalue weighted by Gasteiger charge is -2.29. The molecule has 3 nitrogen and oxygen atoms in total. The predicted octanol–water partition coefficient (Wildman–Crippen LogP) is 3.61. The van der Waals surface area contributed by atoms with Gasteiger partial charge in [0.25, 0.3) is 0 Å². The Kier molecular flexibility index (Phi) is 5.94. The van der Waals surface area contributed by atoms with Gasteiger partial charge in [-0.1, -0.05) is 19.1 Å². The van der Waals surface area contributed by atoms with Gasteiger partial charge in [0.15, 0.2) is 0 Å². The maximum Gasteiger partial charge on any atom is 0.417 e. The van der Waals surface area contributed by atoms with E-state index in [4.69, 9.17) is 23.2 Å². The summed E-state index contributed by atoms with van der Waals surface area (Å²) in [5.41, 5.74) is -2.42. The van der Waals surface area contributed by atoms with Crippen molar-refractivity contribution in [1.82, 2.24) is 4.72 Å². The molecule has 0 heterocycles. The summed E-state index contributed by atoms with van der Waals surface area (Å²) in [7, 11) is -4.41. The van der Waals surface area contributed by atoms with Crippen molar-refractivity contribution < 1.29 is 21.6 Å². The lowest BCUT2D eigenvalue weighted by Crippen LogP contribution is -2.51. The first kappa shape index (κ1) is 18.5. The molecule has 0 saturated carbocycles. The zero-order valence-electron chi connectivity index (χ0n) is 11.0. The van der Waals surface area contributed by atoms with Gasteiger partial charge in [0.2, 0.25) is 10.0 Å². The molecular weight excluding hydrogens is 350 g/mol. The molecule has 1 aromatic carbocycles. The van der Waals surface area contributed by atoms with Crippen LogP contribution in [0, 0.1) is 0 Å². The van der Waals surface area contributed by atoms with Crippen LogP contribution < -0.4 is 4.72 Å². The minimum Gasteiger partial charge on any atom is -0.207 e. The molecule has 0 bridgehead atoms. The van der Waals surface area contributed by atoms with Crippen molar-refractivity contribution in [2.45, 2.75) is 30.0 Å². The van der Waals surface area contributed by atoms with Gasteiger partial charge in [-0.2, -0.15) is 13.2 Å². The first-order valence-electron chi connectivity index (χ1n) is 5.94. The molecule has 0 radical (unpaired) electrons. The van der Waals surface area contributed by atoms with Gasteiger partial charge in [-0.25, -0.2) is 13.1 Å². The Morgan fingerprint density at radius 3 is 2.10 bits per heavy atom. The van der Waals surface area contributed by atoms with Crippen molar-refractivity contribution >= 4 is 33.2 Å². The predicted molar refractivity (Wildman–Crippen MR) is 76.2 cm³/mol. The van der Waals surface area contributed by atoms with Gasteiger partial charge in [-0.15, -0.1) is 23.2 Å². The van der Waals surface area contributed by atoms with Gasteiger partial charge < -0.3 is 0 Å². The van der Waals surface area contributed by atoms with Gasteiger partial charge in [0, 0.05) is 11.8 Å². The van der Waals surface area contributed by atoms with Gasteiger partial charge in [0.1, 0.15) is 0 Å². The summed E-state index contributed by atoms with van der Waals surface area (Å²) in [5, 5.41) is 0. The molecule has 0 aliphatic rings. The fourth-order valence-corrected chi connectivity index (χ4v) is 4.28. The van der Waals surface area contributed by atoms with E-state index < -0.39 is 32.2 Å². The first-order chi connectivity index (χ1) is 9.62. The SMILES string of the molecule is CCC(CCl)(CCl)NS(=O)(=O)c1ccccc1C(F)(F)F. The van der Waals surface area contributed by atoms with E-state index in [9.17, 15) is 21.6 Å². The average Bonchev–Trinajstić information content (AvgIpc) is 2.44. The van der Waals surface area contributed by atoms with Gasteiger partial charge in [-0.05, 0) is 18.6 Å². The van der Waals surface area contributed by atoms with E-state index in [0.29, 0.717) is 6.07 Å². The highest BCUT2D eigenvalue weighted by Gasteiger charge is 2.39. The van der Waals surface area contributed by atoms with Crippen LogP contribution in [-0.2, 0) is 16.2 Å². The molecule has 0 aliphatic heterocycles. The highest BCUT2D eigenvalue weighted by atomic mass is 35.5. The Labute approximate surface area is 131 Å². The van der Waals surface area contributed by atoms with Crippen LogP contribution in [0.2, 0.25) is 0 Å². The maximum absolute atomic E-state index is 12.9. The summed E-state index contributed by atoms with van der Waals surface area (Å²) < 4.78 is 65.5. The molecule has 1 N–H and O–H groups in total. The second-order valence-corrected chi connectivity index (χ2v) is 6.69. The van der Waals surface area contributed by atoms with Crippen LogP contribution in [0.15, 0.2) is 29.2 Å². The Bertz CT molecular complexity index is 578. The van der Waals surface area contributed by atoms with Crippen molar-refractivity contribution in [3.8, 4) is 0 Å². The summed E-state index contributed by atoms with van der Waals surface area (Å²) >= 11 is 11.4. The molecule has 0 unspecified atom stereocenters. The number of rotatable bonds is 6. The number of sulfonamides is 1. The fourth-order valence-electron chi connectivity index (χ4n) is 1.63. The van der Waals surface area contributed by atoms with E-state index in [0.717, 1.165) is 12.1 Å². The Hall–Kier alpha value is -0.500. The van der Waals surface area contributed by atoms with Crippen molar-refractivity contribution in [2.24, 2.45) is 0 Å². The van der Waals surface area contributed by atoms with E-state index in [2.05, 4.69) is 4.72 Å². The van der Waals surface area contributed by atoms with Gasteiger partial charge in [-0.3, -0.25) is 0 Å². The average molecular weight is 364 g/mol. The van der Waals surface area contributed by atoms with E-state index in [1.54, 1.807) is 6.92 Å². The first-order valence-corrected chi connectivity index (χ1v) is 8.49. The molecule has 0 atom stereocenters. The Morgan fingerprint density at radius 1 is 1.14 bits per heavy atom. The minimum absolute atomic E-state index is 0.152. The lowest BCUT2D eigenvalue weighted by atomic mass is 10.0. The van der Waals surface area contributed by atoms with Crippen LogP contribution in [0.1, 0.15) is 18.9 Å². The third kappa shape index (κ3) is 4.25. The molecule has 21 heavy (non-hydrogen) atoms. The number of benzene rings is 1. The van der Waals surface area contributed by atoms with E-state index in [1.807, 2.05) is 0 Å². The van der Waals surface area contributed by atoms with Crippen LogP contribution in [0.3, 0.4) is 0 Å². The third-order valence-electron chi connectivity index (χ3n) is 3.02. The highest BCUT2D eigenvalue weighted by molar-refractivity contribution is 7.89. The second kappa shape index (κ2) is 6.73. The zero-order valence-corrected chi connectivity index (χ0v) is 13.4. The third-order valence-corrected chi connectivity index (χ3v) is 5.68. The normalized spacial score (nSPS) is 13.4. The van der Waals surface area contributed by atoms with Crippen molar-refractivity contribution in [3.63, 3.8) is 0 Å². The molecule has 0 fully saturated rings. The van der Waals surface area contributed by atoms with Crippen molar-refractivity contribution in [1.29, 1.82) is 0 Å². The Morgan fingerprint density at radius 2 is 1.67 bits per heavy atom. The lowest BCUT2D eigenvalue weighted by molar-refractivity contribution is -0.139. The molecule has 0 aromatic heterocycles. The molecule has 1 aromatic rings. The summed E-state index contributed by atoms with van der Waals surface area (Å²) in [6.07, 6.45) is -4.53. The number of alkyl halides is 5. The number of hydrogen-bond donors (Lipinski definition) is 1. The van der Waals surface area contributed by atoms with Crippen molar-refractivity contribution in [2.75, 3.05) is 11.8 Å². The molecule has 0 aliphatic carbocycles. The number of hydrogen-bond acceptors (Lipinski definition) is 2. The zero-order chi connectivity index (χ0) is 16.3. The van der Waals surface area contributed by atoms with Gasteiger partial charge in [0.05, 0.1) is 16.0 Å². The second-order valence-electron chi connectivity index (χ2n) is 4.50. The summed E-state index contributed by atoms with van der Waals surface area (Å²) in [6, 6.07) is 3.95. The fraction of sp³-hybridized carbons (Fsp3) is 0.500. The molecule has 120 valence electrons. The van der Waals surface area contributed by atoms with Crippen LogP contribution >= 0.6 is 23.2 Å². The number of nitrogens with one attached hydrogen (secondary N) is 1. The van der Waals surface area contributed by atoms with Crippen LogP contribution in [0.5, 0.6) is 0 Å². The number of halogens is 5. The highest BCUT2D eigenvalue weighted by Crippen LogP contribution is 2.34. The Balaban J connectivity index is 3.33. The van der Waals surface area contributed by atoms with E-state index in [1.165, 1.54) is 6.07 Å². The van der Waals surface area contributed by atoms with E-state index >= 15 is 0 Å². The van der Waals surface area contributed by atoms with Crippen LogP contribution in [0.4, 0.5) is 13.2 Å². The summed E-state index contributed by atoms with van der Waals surface area (Å²) in [5.74, 6) is -0.305. The maximum atomic E-state index is 12.9. The van der Waals surface area contributed by atoms with E-state index in [-0.39, 0.29) is 18.2 Å². The molecule has 0 saturated heterocycles. The topological polar surface area (TPSA) is 46.2 Å². The molecule has 0 spiro atoms. The monoisotopic (exact) mass is 363 g/mol. The van der Waals surface area contributed by atoms with Gasteiger partial charge >= 0.3 is 6.18 Å². The quantitative estimate of drug-likeness (QED) is 0.784. The smallest absolute Gasteiger partial charge is 0.207 e. The molecule has 9 heteroatoms. The largest absolute Gasteiger partial charge is 0.417 e. The van der Waals surface area contributed by atoms with Crippen LogP contribution in [-0.4, -0.2) is 25.7 Å². The minimum atomic E-state index is -4.78.